The molecule has 0 bridgehead atoms. The Labute approximate surface area is 92.6 Å². The van der Waals surface area contributed by atoms with Crippen molar-refractivity contribution in [2.24, 2.45) is 0 Å². The molecule has 1 unspecified atom stereocenters. The number of ether oxygens (including phenoxy) is 1. The normalized spacial score (nSPS) is 20.5. The molecule has 6 heteroatoms. The fourth-order valence-corrected chi connectivity index (χ4v) is 1.74. The number of aromatic nitrogens is 1. The molecule has 78 valence electrons. The summed E-state index contributed by atoms with van der Waals surface area (Å²) in [7, 11) is 0. The topological polar surface area (TPSA) is 56.3 Å². The standard InChI is InChI=1S/C9H5BrFNO3/c10-4-1-5(8(11)12-3-4)6-2-7(13)15-9(6)14/h1,3,6H,2H2. The summed E-state index contributed by atoms with van der Waals surface area (Å²) in [4.78, 5) is 25.5. The van der Waals surface area contributed by atoms with Crippen LogP contribution in [0.15, 0.2) is 16.7 Å². The predicted molar refractivity (Wildman–Crippen MR) is 50.4 cm³/mol. The van der Waals surface area contributed by atoms with E-state index in [0.29, 0.717) is 4.47 Å². The Balaban J connectivity index is 2.41. The summed E-state index contributed by atoms with van der Waals surface area (Å²) in [6, 6.07) is 1.42. The number of hydrogen-bond donors (Lipinski definition) is 0. The highest BCUT2D eigenvalue weighted by molar-refractivity contribution is 9.10. The minimum atomic E-state index is -0.873. The van der Waals surface area contributed by atoms with E-state index in [0.717, 1.165) is 0 Å². The van der Waals surface area contributed by atoms with Crippen molar-refractivity contribution in [2.75, 3.05) is 0 Å². The molecule has 1 fully saturated rings. The number of halogens is 2. The Morgan fingerprint density at radius 2 is 2.27 bits per heavy atom. The first-order valence-corrected chi connectivity index (χ1v) is 4.92. The van der Waals surface area contributed by atoms with E-state index in [4.69, 9.17) is 0 Å². The smallest absolute Gasteiger partial charge is 0.321 e. The number of pyridine rings is 1. The first-order valence-electron chi connectivity index (χ1n) is 4.13. The maximum Gasteiger partial charge on any atom is 0.321 e. The van der Waals surface area contributed by atoms with Crippen molar-refractivity contribution in [3.63, 3.8) is 0 Å². The Bertz CT molecular complexity index is 449. The van der Waals surface area contributed by atoms with Crippen LogP contribution in [0.1, 0.15) is 17.9 Å². The third kappa shape index (κ3) is 1.90. The summed E-state index contributed by atoms with van der Waals surface area (Å²) in [6.45, 7) is 0. The molecule has 0 aromatic carbocycles. The Kier molecular flexibility index (Phi) is 2.52. The van der Waals surface area contributed by atoms with Crippen LogP contribution in [0, 0.1) is 5.95 Å². The van der Waals surface area contributed by atoms with E-state index in [2.05, 4.69) is 25.7 Å². The molecule has 0 aliphatic carbocycles. The number of rotatable bonds is 1. The fourth-order valence-electron chi connectivity index (χ4n) is 1.39. The lowest BCUT2D eigenvalue weighted by Crippen LogP contribution is -2.08. The summed E-state index contributed by atoms with van der Waals surface area (Å²) >= 11 is 3.11. The zero-order chi connectivity index (χ0) is 11.0. The monoisotopic (exact) mass is 273 g/mol. The molecule has 1 saturated heterocycles. The minimum Gasteiger partial charge on any atom is -0.393 e. The summed E-state index contributed by atoms with van der Waals surface area (Å²) in [5, 5.41) is 0. The zero-order valence-corrected chi connectivity index (χ0v) is 8.95. The van der Waals surface area contributed by atoms with Crippen LogP contribution in [-0.2, 0) is 14.3 Å². The van der Waals surface area contributed by atoms with Crippen LogP contribution in [0.5, 0.6) is 0 Å². The van der Waals surface area contributed by atoms with Gasteiger partial charge >= 0.3 is 11.9 Å². The lowest BCUT2D eigenvalue weighted by atomic mass is 9.99. The van der Waals surface area contributed by atoms with Gasteiger partial charge < -0.3 is 4.74 Å². The van der Waals surface area contributed by atoms with Crippen molar-refractivity contribution in [3.8, 4) is 0 Å². The lowest BCUT2D eigenvalue weighted by molar-refractivity contribution is -0.152. The molecule has 1 aliphatic rings. The molecule has 0 amide bonds. The van der Waals surface area contributed by atoms with Gasteiger partial charge in [0.25, 0.3) is 0 Å². The van der Waals surface area contributed by atoms with E-state index >= 15 is 0 Å². The SMILES string of the molecule is O=C1CC(c2cc(Br)cnc2F)C(=O)O1. The number of hydrogen-bond acceptors (Lipinski definition) is 4. The van der Waals surface area contributed by atoms with Crippen molar-refractivity contribution in [3.05, 3.63) is 28.2 Å². The van der Waals surface area contributed by atoms with Gasteiger partial charge in [0.05, 0.1) is 12.3 Å². The van der Waals surface area contributed by atoms with Gasteiger partial charge in [0.2, 0.25) is 5.95 Å². The molecule has 15 heavy (non-hydrogen) atoms. The predicted octanol–water partition coefficient (Wildman–Crippen LogP) is 1.54. The summed E-state index contributed by atoms with van der Waals surface area (Å²) < 4.78 is 18.2. The molecular formula is C9H5BrFNO3. The number of carbonyl (C=O) groups is 2. The molecule has 1 aromatic heterocycles. The van der Waals surface area contributed by atoms with Gasteiger partial charge in [-0.15, -0.1) is 0 Å². The largest absolute Gasteiger partial charge is 0.393 e. The molecule has 0 saturated carbocycles. The van der Waals surface area contributed by atoms with Gasteiger partial charge in [-0.2, -0.15) is 4.39 Å². The van der Waals surface area contributed by atoms with Crippen molar-refractivity contribution < 1.29 is 18.7 Å². The summed E-state index contributed by atoms with van der Waals surface area (Å²) in [5.41, 5.74) is 0.0835. The number of carbonyl (C=O) groups excluding carboxylic acids is 2. The number of nitrogens with zero attached hydrogens (tertiary/aromatic N) is 1. The molecule has 1 aliphatic heterocycles. The van der Waals surface area contributed by atoms with Gasteiger partial charge in [-0.05, 0) is 22.0 Å². The van der Waals surface area contributed by atoms with Crippen LogP contribution in [0.4, 0.5) is 4.39 Å². The van der Waals surface area contributed by atoms with E-state index in [1.807, 2.05) is 0 Å². The van der Waals surface area contributed by atoms with Crippen molar-refractivity contribution >= 4 is 27.9 Å². The maximum atomic E-state index is 13.3. The van der Waals surface area contributed by atoms with E-state index < -0.39 is 23.8 Å². The first kappa shape index (κ1) is 10.2. The van der Waals surface area contributed by atoms with Gasteiger partial charge in [0.15, 0.2) is 0 Å². The zero-order valence-electron chi connectivity index (χ0n) is 7.37. The Morgan fingerprint density at radius 1 is 1.53 bits per heavy atom. The maximum absolute atomic E-state index is 13.3. The Hall–Kier alpha value is -1.30. The molecule has 2 rings (SSSR count). The number of esters is 2. The molecular weight excluding hydrogens is 269 g/mol. The molecule has 1 atom stereocenters. The quantitative estimate of drug-likeness (QED) is 0.443. The van der Waals surface area contributed by atoms with E-state index in [1.165, 1.54) is 12.3 Å². The molecule has 1 aromatic rings. The Morgan fingerprint density at radius 3 is 2.87 bits per heavy atom. The molecule has 2 heterocycles. The van der Waals surface area contributed by atoms with Crippen molar-refractivity contribution in [1.29, 1.82) is 0 Å². The second-order valence-corrected chi connectivity index (χ2v) is 4.00. The van der Waals surface area contributed by atoms with E-state index in [-0.39, 0.29) is 12.0 Å². The lowest BCUT2D eigenvalue weighted by Gasteiger charge is -2.05. The molecule has 0 spiro atoms. The summed E-state index contributed by atoms with van der Waals surface area (Å²) in [5.74, 6) is -2.99. The highest BCUT2D eigenvalue weighted by Crippen LogP contribution is 2.30. The van der Waals surface area contributed by atoms with Gasteiger partial charge in [0.1, 0.15) is 0 Å². The fraction of sp³-hybridized carbons (Fsp3) is 0.222. The highest BCUT2D eigenvalue weighted by Gasteiger charge is 2.36. The van der Waals surface area contributed by atoms with Crippen LogP contribution in [0.3, 0.4) is 0 Å². The molecule has 0 radical (unpaired) electrons. The van der Waals surface area contributed by atoms with Gasteiger partial charge in [0, 0.05) is 16.2 Å². The summed E-state index contributed by atoms with van der Waals surface area (Å²) in [6.07, 6.45) is 1.15. The third-order valence-electron chi connectivity index (χ3n) is 2.08. The van der Waals surface area contributed by atoms with Crippen LogP contribution >= 0.6 is 15.9 Å². The second-order valence-electron chi connectivity index (χ2n) is 3.08. The van der Waals surface area contributed by atoms with Crippen LogP contribution in [-0.4, -0.2) is 16.9 Å². The average molecular weight is 274 g/mol. The molecule has 0 N–H and O–H groups in total. The average Bonchev–Trinajstić information content (AvgIpc) is 2.50. The second kappa shape index (κ2) is 3.69. The van der Waals surface area contributed by atoms with Crippen molar-refractivity contribution in [2.45, 2.75) is 12.3 Å². The van der Waals surface area contributed by atoms with Crippen LogP contribution in [0.2, 0.25) is 0 Å². The van der Waals surface area contributed by atoms with Crippen LogP contribution in [0.25, 0.3) is 0 Å². The van der Waals surface area contributed by atoms with Gasteiger partial charge in [-0.3, -0.25) is 9.59 Å². The molecule has 4 nitrogen and oxygen atoms in total. The first-order chi connectivity index (χ1) is 7.08. The minimum absolute atomic E-state index is 0.0835. The van der Waals surface area contributed by atoms with E-state index in [1.54, 1.807) is 0 Å². The van der Waals surface area contributed by atoms with Gasteiger partial charge in [-0.25, -0.2) is 4.98 Å². The third-order valence-corrected chi connectivity index (χ3v) is 2.51. The van der Waals surface area contributed by atoms with Crippen molar-refractivity contribution in [1.82, 2.24) is 4.98 Å². The highest BCUT2D eigenvalue weighted by atomic mass is 79.9. The van der Waals surface area contributed by atoms with Gasteiger partial charge in [-0.1, -0.05) is 0 Å². The number of cyclic esters (lactones) is 2. The van der Waals surface area contributed by atoms with E-state index in [9.17, 15) is 14.0 Å². The van der Waals surface area contributed by atoms with Crippen LogP contribution < -0.4 is 0 Å².